The van der Waals surface area contributed by atoms with Crippen LogP contribution in [-0.2, 0) is 0 Å². The van der Waals surface area contributed by atoms with Crippen molar-refractivity contribution >= 4 is 87.4 Å². The van der Waals surface area contributed by atoms with Gasteiger partial charge < -0.3 is 18.1 Å². The quantitative estimate of drug-likeness (QED) is 0.101. The summed E-state index contributed by atoms with van der Waals surface area (Å²) in [6.45, 7) is 0. The van der Waals surface area contributed by atoms with Crippen molar-refractivity contribution in [3.8, 4) is 28.2 Å². The molecule has 62 heavy (non-hydrogen) atoms. The first kappa shape index (κ1) is 34.7. The van der Waals surface area contributed by atoms with Crippen LogP contribution in [-0.4, -0.2) is 18.7 Å². The minimum atomic E-state index is -1.86. The molecular weight excluding hydrogens is 785 g/mol. The highest BCUT2D eigenvalue weighted by Crippen LogP contribution is 2.41. The van der Waals surface area contributed by atoms with Gasteiger partial charge in [0.15, 0.2) is 23.3 Å². The van der Waals surface area contributed by atoms with Gasteiger partial charge in [-0.2, -0.15) is 0 Å². The van der Waals surface area contributed by atoms with E-state index in [0.29, 0.717) is 22.4 Å². The van der Waals surface area contributed by atoms with Crippen molar-refractivity contribution in [3.05, 3.63) is 193 Å². The predicted molar refractivity (Wildman–Crippen MR) is 240 cm³/mol. The molecule has 5 heterocycles. The number of benzene rings is 8. The summed E-state index contributed by atoms with van der Waals surface area (Å²) >= 11 is 0. The van der Waals surface area contributed by atoms with E-state index < -0.39 is 23.3 Å². The van der Waals surface area contributed by atoms with Crippen molar-refractivity contribution in [3.63, 3.8) is 0 Å². The minimum absolute atomic E-state index is 0.265. The van der Waals surface area contributed by atoms with Crippen LogP contribution in [0.4, 0.5) is 17.6 Å². The topological polar surface area (TPSA) is 40.8 Å². The van der Waals surface area contributed by atoms with Gasteiger partial charge in [-0.05, 0) is 83.9 Å². The van der Waals surface area contributed by atoms with Gasteiger partial charge in [0.25, 0.3) is 0 Å². The molecular formula is C53H28F4N4O. The zero-order valence-corrected chi connectivity index (χ0v) is 32.4. The fraction of sp³-hybridized carbons (Fsp3) is 0. The molecule has 13 rings (SSSR count). The van der Waals surface area contributed by atoms with Crippen molar-refractivity contribution < 1.29 is 22.0 Å². The summed E-state index contributed by atoms with van der Waals surface area (Å²) in [6, 6.07) is 51.8. The number of nitrogens with zero attached hydrogens (tertiary/aromatic N) is 4. The van der Waals surface area contributed by atoms with Crippen molar-refractivity contribution in [2.45, 2.75) is 0 Å². The van der Waals surface area contributed by atoms with Gasteiger partial charge in [0.05, 0.1) is 56.9 Å². The number of pyridine rings is 1. The maximum atomic E-state index is 15.6. The molecule has 0 atom stereocenters. The van der Waals surface area contributed by atoms with Crippen LogP contribution in [0.1, 0.15) is 0 Å². The number of fused-ring (bicyclic) bond motifs is 12. The van der Waals surface area contributed by atoms with Gasteiger partial charge in [0.2, 0.25) is 0 Å². The Balaban J connectivity index is 0.960. The molecule has 9 heteroatoms. The van der Waals surface area contributed by atoms with E-state index in [1.165, 1.54) is 15.3 Å². The summed E-state index contributed by atoms with van der Waals surface area (Å²) in [5.74, 6) is -6.59. The Bertz CT molecular complexity index is 4010. The number of para-hydroxylation sites is 4. The molecule has 0 fully saturated rings. The number of aromatic nitrogens is 4. The Morgan fingerprint density at radius 2 is 0.823 bits per heavy atom. The molecule has 8 aromatic carbocycles. The fourth-order valence-electron chi connectivity index (χ4n) is 9.72. The van der Waals surface area contributed by atoms with Crippen molar-refractivity contribution in [1.82, 2.24) is 18.7 Å². The van der Waals surface area contributed by atoms with Crippen LogP contribution < -0.4 is 0 Å². The molecule has 5 aromatic heterocycles. The molecule has 0 amide bonds. The second-order valence-electron chi connectivity index (χ2n) is 15.7. The first-order valence-electron chi connectivity index (χ1n) is 20.1. The lowest BCUT2D eigenvalue weighted by molar-refractivity contribution is 0.417. The Morgan fingerprint density at radius 3 is 1.45 bits per heavy atom. The largest absolute Gasteiger partial charge is 0.456 e. The van der Waals surface area contributed by atoms with E-state index >= 15 is 8.78 Å². The zero-order valence-electron chi connectivity index (χ0n) is 32.4. The molecule has 0 saturated heterocycles. The lowest BCUT2D eigenvalue weighted by Crippen LogP contribution is -2.01. The average Bonchev–Trinajstić information content (AvgIpc) is 4.06. The first-order chi connectivity index (χ1) is 30.4. The third-order valence-electron chi connectivity index (χ3n) is 12.4. The van der Waals surface area contributed by atoms with Gasteiger partial charge in [0, 0.05) is 48.8 Å². The van der Waals surface area contributed by atoms with Crippen LogP contribution in [0.5, 0.6) is 0 Å². The van der Waals surface area contributed by atoms with Crippen LogP contribution in [0, 0.1) is 23.3 Å². The fourth-order valence-corrected chi connectivity index (χ4v) is 9.72. The zero-order chi connectivity index (χ0) is 41.4. The molecule has 0 bridgehead atoms. The van der Waals surface area contributed by atoms with Crippen LogP contribution in [0.3, 0.4) is 0 Å². The van der Waals surface area contributed by atoms with Crippen molar-refractivity contribution in [2.75, 3.05) is 0 Å². The summed E-state index contributed by atoms with van der Waals surface area (Å²) in [4.78, 5) is 4.79. The van der Waals surface area contributed by atoms with E-state index in [0.717, 1.165) is 66.1 Å². The predicted octanol–water partition coefficient (Wildman–Crippen LogP) is 14.5. The molecule has 13 aromatic rings. The second kappa shape index (κ2) is 12.7. The van der Waals surface area contributed by atoms with Crippen LogP contribution in [0.15, 0.2) is 175 Å². The standard InChI is InChI=1S/C53H28F4N4O/c54-49-48-37-12-4-8-16-44(37)61(53(48)52(57)51(56)50(49)55)31-19-22-47-40(26-31)39-24-30(18-21-46(39)62-47)29-17-20-45-38(23-29)36-11-3-7-15-43(36)60(45)33-25-32(27-58-28-33)59-41-13-5-1-9-34(41)35-10-2-6-14-42(35)59/h1-28H. The molecule has 0 spiro atoms. The maximum Gasteiger partial charge on any atom is 0.199 e. The van der Waals surface area contributed by atoms with Gasteiger partial charge in [0.1, 0.15) is 11.2 Å². The maximum absolute atomic E-state index is 15.6. The molecule has 0 aliphatic carbocycles. The van der Waals surface area contributed by atoms with Crippen molar-refractivity contribution in [1.29, 1.82) is 0 Å². The minimum Gasteiger partial charge on any atom is -0.456 e. The Kier molecular flexibility index (Phi) is 7.09. The van der Waals surface area contributed by atoms with E-state index in [9.17, 15) is 8.78 Å². The lowest BCUT2D eigenvalue weighted by atomic mass is 10.0. The highest BCUT2D eigenvalue weighted by Gasteiger charge is 2.27. The van der Waals surface area contributed by atoms with Gasteiger partial charge in [-0.1, -0.05) is 84.9 Å². The number of hydrogen-bond donors (Lipinski definition) is 0. The van der Waals surface area contributed by atoms with Gasteiger partial charge in [-0.3, -0.25) is 4.98 Å². The molecule has 5 nitrogen and oxygen atoms in total. The molecule has 294 valence electrons. The highest BCUT2D eigenvalue weighted by atomic mass is 19.2. The van der Waals surface area contributed by atoms with Crippen LogP contribution in [0.25, 0.3) is 116 Å². The van der Waals surface area contributed by atoms with Crippen molar-refractivity contribution in [2.24, 2.45) is 0 Å². The molecule has 0 aliphatic rings. The molecule has 0 unspecified atom stereocenters. The average molecular weight is 813 g/mol. The Morgan fingerprint density at radius 1 is 0.355 bits per heavy atom. The van der Waals surface area contributed by atoms with E-state index in [1.807, 2.05) is 36.7 Å². The number of hydrogen-bond acceptors (Lipinski definition) is 2. The SMILES string of the molecule is Fc1c(F)c(F)c2c(c1F)c1ccccc1n2-c1ccc2oc3ccc(-c4ccc5c(c4)c4ccccc4n5-c4cncc(-n5c6ccccc6c6ccccc65)c4)cc3c2c1. The molecule has 0 radical (unpaired) electrons. The summed E-state index contributed by atoms with van der Waals surface area (Å²) in [6.07, 6.45) is 3.82. The Hall–Kier alpha value is -8.17. The number of furan rings is 1. The lowest BCUT2D eigenvalue weighted by Gasteiger charge is -2.12. The number of halogens is 4. The summed E-state index contributed by atoms with van der Waals surface area (Å²) in [5, 5.41) is 6.01. The summed E-state index contributed by atoms with van der Waals surface area (Å²) in [5.41, 5.74) is 9.82. The summed E-state index contributed by atoms with van der Waals surface area (Å²) < 4.78 is 72.5. The van der Waals surface area contributed by atoms with Gasteiger partial charge >= 0.3 is 0 Å². The monoisotopic (exact) mass is 812 g/mol. The molecule has 0 N–H and O–H groups in total. The van der Waals surface area contributed by atoms with E-state index in [2.05, 4.69) is 106 Å². The number of rotatable bonds is 4. The normalized spacial score (nSPS) is 12.2. The highest BCUT2D eigenvalue weighted by molar-refractivity contribution is 6.13. The summed E-state index contributed by atoms with van der Waals surface area (Å²) in [7, 11) is 0. The second-order valence-corrected chi connectivity index (χ2v) is 15.7. The Labute approximate surface area is 348 Å². The molecule has 0 aliphatic heterocycles. The molecule has 0 saturated carbocycles. The first-order valence-corrected chi connectivity index (χ1v) is 20.1. The third-order valence-corrected chi connectivity index (χ3v) is 12.4. The van der Waals surface area contributed by atoms with Gasteiger partial charge in [-0.25, -0.2) is 17.6 Å². The van der Waals surface area contributed by atoms with E-state index in [-0.39, 0.29) is 16.3 Å². The van der Waals surface area contributed by atoms with Crippen LogP contribution in [0.2, 0.25) is 0 Å². The van der Waals surface area contributed by atoms with E-state index in [1.54, 1.807) is 36.4 Å². The third kappa shape index (κ3) is 4.70. The smallest absolute Gasteiger partial charge is 0.199 e. The van der Waals surface area contributed by atoms with Gasteiger partial charge in [-0.15, -0.1) is 0 Å². The van der Waals surface area contributed by atoms with Crippen LogP contribution >= 0.6 is 0 Å². The van der Waals surface area contributed by atoms with E-state index in [4.69, 9.17) is 9.40 Å².